The summed E-state index contributed by atoms with van der Waals surface area (Å²) in [7, 11) is 0. The molecule has 1 amide bonds. The number of ether oxygens (including phenoxy) is 2. The molecule has 0 fully saturated rings. The molecule has 1 atom stereocenters. The Labute approximate surface area is 176 Å². The van der Waals surface area contributed by atoms with Crippen molar-refractivity contribution in [2.75, 3.05) is 13.2 Å². The summed E-state index contributed by atoms with van der Waals surface area (Å²) in [4.78, 5) is 26.2. The molecule has 1 aliphatic heterocycles. The van der Waals surface area contributed by atoms with E-state index in [1.165, 1.54) is 11.3 Å². The predicted molar refractivity (Wildman–Crippen MR) is 118 cm³/mol. The first-order valence-corrected chi connectivity index (χ1v) is 10.7. The van der Waals surface area contributed by atoms with Gasteiger partial charge in [-0.15, -0.1) is 11.3 Å². The summed E-state index contributed by atoms with van der Waals surface area (Å²) in [5, 5.41) is 4.48. The van der Waals surface area contributed by atoms with Crippen molar-refractivity contribution in [3.8, 4) is 11.5 Å². The summed E-state index contributed by atoms with van der Waals surface area (Å²) in [6, 6.07) is 17.0. The van der Waals surface area contributed by atoms with E-state index in [0.29, 0.717) is 41.5 Å². The lowest BCUT2D eigenvalue weighted by molar-refractivity contribution is 0.0791. The second-order valence-corrected chi connectivity index (χ2v) is 8.18. The van der Waals surface area contributed by atoms with E-state index in [2.05, 4.69) is 5.32 Å². The smallest absolute Gasteiger partial charge is 0.261 e. The Morgan fingerprint density at radius 2 is 1.90 bits per heavy atom. The van der Waals surface area contributed by atoms with Crippen LogP contribution in [0.4, 0.5) is 0 Å². The van der Waals surface area contributed by atoms with E-state index in [1.807, 2.05) is 55.5 Å². The number of benzene rings is 2. The van der Waals surface area contributed by atoms with Gasteiger partial charge in [-0.2, -0.15) is 0 Å². The van der Waals surface area contributed by atoms with Crippen molar-refractivity contribution < 1.29 is 14.3 Å². The van der Waals surface area contributed by atoms with Crippen LogP contribution < -0.4 is 20.3 Å². The summed E-state index contributed by atoms with van der Waals surface area (Å²) in [5.74, 6) is 1.17. The predicted octanol–water partition coefficient (Wildman–Crippen LogP) is 3.81. The van der Waals surface area contributed by atoms with Crippen molar-refractivity contribution >= 4 is 38.2 Å². The van der Waals surface area contributed by atoms with E-state index in [9.17, 15) is 9.59 Å². The zero-order valence-corrected chi connectivity index (χ0v) is 17.2. The van der Waals surface area contributed by atoms with Crippen molar-refractivity contribution in [3.63, 3.8) is 0 Å². The third-order valence-electron chi connectivity index (χ3n) is 5.24. The number of pyridine rings is 1. The molecule has 5 rings (SSSR count). The summed E-state index contributed by atoms with van der Waals surface area (Å²) in [5.41, 5.74) is 0.819. The van der Waals surface area contributed by atoms with E-state index in [4.69, 9.17) is 9.47 Å². The first-order chi connectivity index (χ1) is 14.7. The van der Waals surface area contributed by atoms with Crippen molar-refractivity contribution in [2.45, 2.75) is 19.6 Å². The maximum absolute atomic E-state index is 12.9. The highest BCUT2D eigenvalue weighted by molar-refractivity contribution is 7.21. The minimum absolute atomic E-state index is 0.0675. The Bertz CT molecular complexity index is 1320. The van der Waals surface area contributed by atoms with Crippen LogP contribution in [0, 0.1) is 0 Å². The number of nitrogens with zero attached hydrogens (tertiary/aromatic N) is 1. The number of carbonyl (C=O) groups is 1. The van der Waals surface area contributed by atoms with Gasteiger partial charge in [0, 0.05) is 16.6 Å². The molecular weight excluding hydrogens is 400 g/mol. The molecule has 1 aliphatic rings. The van der Waals surface area contributed by atoms with Gasteiger partial charge in [-0.05, 0) is 31.2 Å². The molecule has 152 valence electrons. The molecule has 2 aromatic carbocycles. The number of aryl methyl sites for hydroxylation is 1. The third kappa shape index (κ3) is 3.11. The number of hydrogen-bond donors (Lipinski definition) is 1. The van der Waals surface area contributed by atoms with Crippen molar-refractivity contribution in [2.24, 2.45) is 0 Å². The molecule has 3 heterocycles. The fourth-order valence-corrected chi connectivity index (χ4v) is 4.89. The van der Waals surface area contributed by atoms with Gasteiger partial charge in [-0.25, -0.2) is 0 Å². The lowest BCUT2D eigenvalue weighted by Crippen LogP contribution is -2.40. The number of carbonyl (C=O) groups excluding carboxylic acids is 1. The van der Waals surface area contributed by atoms with Gasteiger partial charge in [0.1, 0.15) is 12.7 Å². The number of aromatic nitrogens is 1. The number of amides is 1. The van der Waals surface area contributed by atoms with Crippen LogP contribution in [0.5, 0.6) is 11.5 Å². The average molecular weight is 420 g/mol. The Hall–Kier alpha value is -3.32. The minimum Gasteiger partial charge on any atom is -0.486 e. The number of hydrogen-bond acceptors (Lipinski definition) is 5. The van der Waals surface area contributed by atoms with E-state index in [1.54, 1.807) is 10.6 Å². The van der Waals surface area contributed by atoms with Gasteiger partial charge in [-0.3, -0.25) is 9.59 Å². The Morgan fingerprint density at radius 1 is 1.13 bits per heavy atom. The normalized spacial score (nSPS) is 15.4. The quantitative estimate of drug-likeness (QED) is 0.545. The Balaban J connectivity index is 1.40. The first-order valence-electron chi connectivity index (χ1n) is 9.87. The highest BCUT2D eigenvalue weighted by Gasteiger charge is 2.22. The molecule has 0 saturated carbocycles. The molecule has 7 heteroatoms. The lowest BCUT2D eigenvalue weighted by Gasteiger charge is -2.26. The van der Waals surface area contributed by atoms with Crippen LogP contribution in [0.1, 0.15) is 16.6 Å². The number of rotatable bonds is 4. The topological polar surface area (TPSA) is 69.6 Å². The molecule has 4 aromatic rings. The number of thiophene rings is 1. The molecule has 0 aliphatic carbocycles. The third-order valence-corrected chi connectivity index (χ3v) is 6.41. The molecule has 0 bridgehead atoms. The number of para-hydroxylation sites is 3. The second kappa shape index (κ2) is 7.50. The van der Waals surface area contributed by atoms with E-state index < -0.39 is 0 Å². The first kappa shape index (κ1) is 18.7. The summed E-state index contributed by atoms with van der Waals surface area (Å²) >= 11 is 1.35. The highest BCUT2D eigenvalue weighted by Crippen LogP contribution is 2.32. The van der Waals surface area contributed by atoms with Crippen molar-refractivity contribution in [3.05, 3.63) is 69.8 Å². The van der Waals surface area contributed by atoms with E-state index in [0.717, 1.165) is 15.6 Å². The van der Waals surface area contributed by atoms with Gasteiger partial charge in [0.05, 0.1) is 22.3 Å². The van der Waals surface area contributed by atoms with E-state index in [-0.39, 0.29) is 17.6 Å². The fraction of sp³-hybridized carbons (Fsp3) is 0.217. The van der Waals surface area contributed by atoms with Crippen LogP contribution in [0.15, 0.2) is 59.4 Å². The summed E-state index contributed by atoms with van der Waals surface area (Å²) in [6.45, 7) is 3.22. The molecule has 2 aromatic heterocycles. The van der Waals surface area contributed by atoms with Gasteiger partial charge in [0.15, 0.2) is 11.5 Å². The Kier molecular flexibility index (Phi) is 4.67. The monoisotopic (exact) mass is 420 g/mol. The van der Waals surface area contributed by atoms with Gasteiger partial charge in [0.2, 0.25) is 0 Å². The average Bonchev–Trinajstić information content (AvgIpc) is 3.24. The molecule has 0 unspecified atom stereocenters. The van der Waals surface area contributed by atoms with Crippen LogP contribution in [0.25, 0.3) is 21.0 Å². The molecule has 1 N–H and O–H groups in total. The van der Waals surface area contributed by atoms with Crippen LogP contribution in [0.3, 0.4) is 0 Å². The zero-order valence-electron chi connectivity index (χ0n) is 16.4. The fourth-order valence-electron chi connectivity index (χ4n) is 3.79. The zero-order chi connectivity index (χ0) is 20.7. The van der Waals surface area contributed by atoms with E-state index >= 15 is 0 Å². The van der Waals surface area contributed by atoms with Crippen molar-refractivity contribution in [1.82, 2.24) is 9.88 Å². The van der Waals surface area contributed by atoms with Gasteiger partial charge in [0.25, 0.3) is 11.5 Å². The molecule has 30 heavy (non-hydrogen) atoms. The lowest BCUT2D eigenvalue weighted by atomic mass is 10.1. The summed E-state index contributed by atoms with van der Waals surface area (Å²) < 4.78 is 14.2. The SMILES string of the molecule is CCn1c(=O)c2cc(C(=O)NC[C@@H]3COc4ccccc4O3)sc2c2ccccc21. The summed E-state index contributed by atoms with van der Waals surface area (Å²) in [6.07, 6.45) is -0.267. The number of fused-ring (bicyclic) bond motifs is 4. The van der Waals surface area contributed by atoms with Crippen LogP contribution in [0.2, 0.25) is 0 Å². The van der Waals surface area contributed by atoms with Crippen molar-refractivity contribution in [1.29, 1.82) is 0 Å². The van der Waals surface area contributed by atoms with Crippen LogP contribution in [-0.2, 0) is 6.54 Å². The van der Waals surface area contributed by atoms with Gasteiger partial charge >= 0.3 is 0 Å². The minimum atomic E-state index is -0.267. The largest absolute Gasteiger partial charge is 0.486 e. The maximum atomic E-state index is 12.9. The van der Waals surface area contributed by atoms with Crippen LogP contribution in [-0.4, -0.2) is 29.7 Å². The maximum Gasteiger partial charge on any atom is 0.261 e. The Morgan fingerprint density at radius 3 is 2.73 bits per heavy atom. The van der Waals surface area contributed by atoms with Crippen LogP contribution >= 0.6 is 11.3 Å². The standard InChI is InChI=1S/C23H20N2O4S/c1-2-25-17-8-4-3-7-15(17)21-16(23(25)27)11-20(30-21)22(26)24-12-14-13-28-18-9-5-6-10-19(18)29-14/h3-11,14H,2,12-13H2,1H3,(H,24,26)/t14-/m1/s1. The van der Waals surface area contributed by atoms with Gasteiger partial charge in [-0.1, -0.05) is 30.3 Å². The highest BCUT2D eigenvalue weighted by atomic mass is 32.1. The second-order valence-electron chi connectivity index (χ2n) is 7.13. The molecule has 0 radical (unpaired) electrons. The van der Waals surface area contributed by atoms with Gasteiger partial charge < -0.3 is 19.4 Å². The molecule has 0 spiro atoms. The molecule has 6 nitrogen and oxygen atoms in total. The molecular formula is C23H20N2O4S. The molecule has 0 saturated heterocycles. The number of nitrogens with one attached hydrogen (secondary N) is 1.